The Hall–Kier alpha value is -2.51. The maximum Gasteiger partial charge on any atom is 0.235 e. The van der Waals surface area contributed by atoms with Gasteiger partial charge in [-0.1, -0.05) is 12.1 Å². The molecule has 1 aliphatic heterocycles. The molecule has 0 unspecified atom stereocenters. The second kappa shape index (κ2) is 9.80. The molecule has 0 spiro atoms. The van der Waals surface area contributed by atoms with Gasteiger partial charge in [0.1, 0.15) is 12.4 Å². The van der Waals surface area contributed by atoms with Crippen LogP contribution in [0.5, 0.6) is 5.88 Å². The number of rotatable bonds is 8. The van der Waals surface area contributed by atoms with Crippen LogP contribution in [-0.4, -0.2) is 43.9 Å². The number of aryl methyl sites for hydroxylation is 1. The van der Waals surface area contributed by atoms with Crippen molar-refractivity contribution in [1.29, 1.82) is 0 Å². The zero-order valence-corrected chi connectivity index (χ0v) is 16.9. The molecule has 2 heterocycles. The van der Waals surface area contributed by atoms with Gasteiger partial charge >= 0.3 is 0 Å². The first-order valence-electron chi connectivity index (χ1n) is 9.87. The fourth-order valence-electron chi connectivity index (χ4n) is 3.51. The molecule has 0 bridgehead atoms. The number of ether oxygens (including phenoxy) is 3. The van der Waals surface area contributed by atoms with Crippen molar-refractivity contribution in [2.24, 2.45) is 0 Å². The Morgan fingerprint density at radius 3 is 2.62 bits per heavy atom. The Labute approximate surface area is 170 Å². The van der Waals surface area contributed by atoms with Gasteiger partial charge in [0.25, 0.3) is 0 Å². The molecule has 6 nitrogen and oxygen atoms in total. The van der Waals surface area contributed by atoms with Gasteiger partial charge < -0.3 is 19.5 Å². The number of anilines is 1. The molecule has 3 rings (SSSR count). The van der Waals surface area contributed by atoms with E-state index in [2.05, 4.69) is 10.3 Å². The van der Waals surface area contributed by atoms with Gasteiger partial charge in [0, 0.05) is 25.4 Å². The lowest BCUT2D eigenvalue weighted by Gasteiger charge is -2.36. The Bertz CT molecular complexity index is 820. The van der Waals surface area contributed by atoms with E-state index in [-0.39, 0.29) is 11.7 Å². The summed E-state index contributed by atoms with van der Waals surface area (Å²) in [6.45, 7) is 6.32. The lowest BCUT2D eigenvalue weighted by molar-refractivity contribution is -0.125. The highest BCUT2D eigenvalue weighted by Crippen LogP contribution is 2.36. The van der Waals surface area contributed by atoms with Crippen molar-refractivity contribution in [3.05, 3.63) is 53.5 Å². The van der Waals surface area contributed by atoms with Gasteiger partial charge in [0.05, 0.1) is 23.9 Å². The number of carbonyl (C=O) groups is 1. The van der Waals surface area contributed by atoms with Gasteiger partial charge in [-0.15, -0.1) is 0 Å². The van der Waals surface area contributed by atoms with Gasteiger partial charge in [-0.25, -0.2) is 9.37 Å². The second-order valence-corrected chi connectivity index (χ2v) is 7.05. The Morgan fingerprint density at radius 1 is 1.24 bits per heavy atom. The molecule has 1 aromatic carbocycles. The van der Waals surface area contributed by atoms with Crippen molar-refractivity contribution in [3.8, 4) is 5.88 Å². The van der Waals surface area contributed by atoms with E-state index in [9.17, 15) is 9.18 Å². The molecule has 1 fully saturated rings. The third-order valence-corrected chi connectivity index (χ3v) is 5.14. The van der Waals surface area contributed by atoms with Gasteiger partial charge in [-0.2, -0.15) is 0 Å². The number of carbonyl (C=O) groups excluding carboxylic acids is 1. The fraction of sp³-hybridized carbons (Fsp3) is 0.455. The minimum absolute atomic E-state index is 0.140. The van der Waals surface area contributed by atoms with Crippen molar-refractivity contribution >= 4 is 11.6 Å². The SMILES string of the molecule is CCOCCOc1ncc(NC(=O)C2(c3ccc(F)cc3)CCOCC2)cc1C. The maximum atomic E-state index is 13.4. The van der Waals surface area contributed by atoms with Crippen LogP contribution in [0.25, 0.3) is 0 Å². The predicted octanol–water partition coefficient (Wildman–Crippen LogP) is 3.63. The number of pyridine rings is 1. The molecular formula is C22H27FN2O4. The summed E-state index contributed by atoms with van der Waals surface area (Å²) < 4.78 is 29.7. The molecule has 7 heteroatoms. The number of halogens is 1. The number of benzene rings is 1. The van der Waals surface area contributed by atoms with Crippen molar-refractivity contribution in [2.75, 3.05) is 38.4 Å². The van der Waals surface area contributed by atoms with Crippen molar-refractivity contribution in [3.63, 3.8) is 0 Å². The molecule has 1 N–H and O–H groups in total. The number of amides is 1. The first-order chi connectivity index (χ1) is 14.0. The number of aromatic nitrogens is 1. The van der Waals surface area contributed by atoms with Gasteiger partial charge in [-0.05, 0) is 50.5 Å². The topological polar surface area (TPSA) is 69.7 Å². The molecule has 0 aliphatic carbocycles. The van der Waals surface area contributed by atoms with E-state index in [0.29, 0.717) is 57.4 Å². The summed E-state index contributed by atoms with van der Waals surface area (Å²) >= 11 is 0. The van der Waals surface area contributed by atoms with Crippen molar-refractivity contribution < 1.29 is 23.4 Å². The molecule has 29 heavy (non-hydrogen) atoms. The highest BCUT2D eigenvalue weighted by molar-refractivity contribution is 5.99. The Balaban J connectivity index is 1.74. The number of hydrogen-bond acceptors (Lipinski definition) is 5. The van der Waals surface area contributed by atoms with Crippen LogP contribution in [0.1, 0.15) is 30.9 Å². The quantitative estimate of drug-likeness (QED) is 0.683. The minimum Gasteiger partial charge on any atom is -0.475 e. The first-order valence-corrected chi connectivity index (χ1v) is 9.87. The monoisotopic (exact) mass is 402 g/mol. The zero-order chi connectivity index (χ0) is 20.7. The van der Waals surface area contributed by atoms with Gasteiger partial charge in [-0.3, -0.25) is 4.79 Å². The summed E-state index contributed by atoms with van der Waals surface area (Å²) in [5.74, 6) is 0.0526. The molecule has 0 saturated carbocycles. The van der Waals surface area contributed by atoms with Crippen LogP contribution in [0.2, 0.25) is 0 Å². The Morgan fingerprint density at radius 2 is 1.97 bits per heavy atom. The third kappa shape index (κ3) is 5.10. The van der Waals surface area contributed by atoms with Gasteiger partial charge in [0.2, 0.25) is 11.8 Å². The zero-order valence-electron chi connectivity index (χ0n) is 16.9. The summed E-state index contributed by atoms with van der Waals surface area (Å²) in [4.78, 5) is 17.6. The summed E-state index contributed by atoms with van der Waals surface area (Å²) in [5.41, 5.74) is 1.45. The average molecular weight is 402 g/mol. The second-order valence-electron chi connectivity index (χ2n) is 7.05. The molecule has 0 atom stereocenters. The smallest absolute Gasteiger partial charge is 0.235 e. The summed E-state index contributed by atoms with van der Waals surface area (Å²) in [5, 5.41) is 2.98. The van der Waals surface area contributed by atoms with Crippen LogP contribution < -0.4 is 10.1 Å². The van der Waals surface area contributed by atoms with Crippen LogP contribution in [0, 0.1) is 12.7 Å². The predicted molar refractivity (Wildman–Crippen MR) is 108 cm³/mol. The normalized spacial score (nSPS) is 15.7. The Kier molecular flexibility index (Phi) is 7.17. The average Bonchev–Trinajstić information content (AvgIpc) is 2.73. The van der Waals surface area contributed by atoms with Crippen molar-refractivity contribution in [1.82, 2.24) is 4.98 Å². The molecule has 1 aromatic heterocycles. The van der Waals surface area contributed by atoms with Crippen LogP contribution in [0.4, 0.5) is 10.1 Å². The van der Waals surface area contributed by atoms with Crippen LogP contribution in [0.3, 0.4) is 0 Å². The standard InChI is InChI=1S/C22H27FN2O4/c1-3-27-12-13-29-20-16(2)14-19(15-24-20)25-21(26)22(8-10-28-11-9-22)17-4-6-18(23)7-5-17/h4-7,14-15H,3,8-13H2,1-2H3,(H,25,26). The summed E-state index contributed by atoms with van der Waals surface area (Å²) in [7, 11) is 0. The van der Waals surface area contributed by atoms with Crippen LogP contribution in [-0.2, 0) is 19.7 Å². The van der Waals surface area contributed by atoms with Crippen LogP contribution in [0.15, 0.2) is 36.5 Å². The van der Waals surface area contributed by atoms with E-state index < -0.39 is 5.41 Å². The molecule has 156 valence electrons. The van der Waals surface area contributed by atoms with Gasteiger partial charge in [0.15, 0.2) is 0 Å². The molecule has 2 aromatic rings. The molecule has 1 saturated heterocycles. The van der Waals surface area contributed by atoms with E-state index in [4.69, 9.17) is 14.2 Å². The van der Waals surface area contributed by atoms with Crippen molar-refractivity contribution in [2.45, 2.75) is 32.1 Å². The number of nitrogens with one attached hydrogen (secondary N) is 1. The molecule has 1 amide bonds. The minimum atomic E-state index is -0.757. The van der Waals surface area contributed by atoms with E-state index in [1.807, 2.05) is 19.9 Å². The molecule has 1 aliphatic rings. The summed E-state index contributed by atoms with van der Waals surface area (Å²) in [6.07, 6.45) is 2.66. The van der Waals surface area contributed by atoms with E-state index in [0.717, 1.165) is 11.1 Å². The van der Waals surface area contributed by atoms with E-state index in [1.54, 1.807) is 18.3 Å². The van der Waals surface area contributed by atoms with Crippen LogP contribution >= 0.6 is 0 Å². The van der Waals surface area contributed by atoms with E-state index in [1.165, 1.54) is 12.1 Å². The molecular weight excluding hydrogens is 375 g/mol. The maximum absolute atomic E-state index is 13.4. The number of nitrogens with zero attached hydrogens (tertiary/aromatic N) is 1. The first kappa shape index (κ1) is 21.2. The lowest BCUT2D eigenvalue weighted by Crippen LogP contribution is -2.44. The fourth-order valence-corrected chi connectivity index (χ4v) is 3.51. The highest BCUT2D eigenvalue weighted by Gasteiger charge is 2.41. The number of hydrogen-bond donors (Lipinski definition) is 1. The highest BCUT2D eigenvalue weighted by atomic mass is 19.1. The molecule has 0 radical (unpaired) electrons. The third-order valence-electron chi connectivity index (χ3n) is 5.14. The summed E-state index contributed by atoms with van der Waals surface area (Å²) in [6, 6.07) is 7.97. The largest absolute Gasteiger partial charge is 0.475 e. The lowest BCUT2D eigenvalue weighted by atomic mass is 9.73. The van der Waals surface area contributed by atoms with E-state index >= 15 is 0 Å².